The van der Waals surface area contributed by atoms with Gasteiger partial charge >= 0.3 is 5.97 Å². The van der Waals surface area contributed by atoms with Crippen LogP contribution in [0.4, 0.5) is 0 Å². The van der Waals surface area contributed by atoms with Crippen LogP contribution >= 0.6 is 0 Å². The molecule has 1 N–H and O–H groups in total. The topological polar surface area (TPSA) is 55.8 Å². The number of aryl methyl sites for hydroxylation is 1. The van der Waals surface area contributed by atoms with Gasteiger partial charge in [0.1, 0.15) is 12.4 Å². The number of hydrogen-bond acceptors (Lipinski definition) is 4. The molecule has 1 aromatic rings. The van der Waals surface area contributed by atoms with Gasteiger partial charge in [-0.15, -0.1) is 0 Å². The summed E-state index contributed by atoms with van der Waals surface area (Å²) >= 11 is 0. The predicted molar refractivity (Wildman–Crippen MR) is 101 cm³/mol. The molecule has 0 atom stereocenters. The van der Waals surface area contributed by atoms with Gasteiger partial charge in [0.15, 0.2) is 0 Å². The number of aliphatic hydroxyl groups is 1. The highest BCUT2D eigenvalue weighted by Crippen LogP contribution is 2.38. The highest BCUT2D eigenvalue weighted by Gasteiger charge is 2.25. The van der Waals surface area contributed by atoms with E-state index in [4.69, 9.17) is 14.6 Å². The molecule has 0 fully saturated rings. The van der Waals surface area contributed by atoms with Gasteiger partial charge in [-0.05, 0) is 34.8 Å². The maximum Gasteiger partial charge on any atom is 0.305 e. The number of ether oxygens (including phenoxy) is 2. The zero-order chi connectivity index (χ0) is 19.3. The van der Waals surface area contributed by atoms with Gasteiger partial charge in [0.2, 0.25) is 0 Å². The normalized spacial score (nSPS) is 12.2. The molecule has 25 heavy (non-hydrogen) atoms. The second-order valence-corrected chi connectivity index (χ2v) is 8.51. The number of esters is 1. The van der Waals surface area contributed by atoms with Gasteiger partial charge in [-0.2, -0.15) is 0 Å². The number of carbonyl (C=O) groups is 1. The lowest BCUT2D eigenvalue weighted by molar-refractivity contribution is -0.144. The molecule has 4 nitrogen and oxygen atoms in total. The molecule has 1 aromatic carbocycles. The van der Waals surface area contributed by atoms with Crippen molar-refractivity contribution in [3.05, 3.63) is 28.8 Å². The highest BCUT2D eigenvalue weighted by molar-refractivity contribution is 5.69. The predicted octanol–water partition coefficient (Wildman–Crippen LogP) is 4.15. The van der Waals surface area contributed by atoms with Crippen molar-refractivity contribution in [2.45, 2.75) is 71.6 Å². The van der Waals surface area contributed by atoms with Crippen LogP contribution in [0.2, 0.25) is 0 Å². The Morgan fingerprint density at radius 1 is 1.08 bits per heavy atom. The summed E-state index contributed by atoms with van der Waals surface area (Å²) < 4.78 is 10.7. The van der Waals surface area contributed by atoms with E-state index < -0.39 is 0 Å². The molecule has 0 radical (unpaired) electrons. The smallest absolute Gasteiger partial charge is 0.305 e. The van der Waals surface area contributed by atoms with Crippen LogP contribution < -0.4 is 4.74 Å². The van der Waals surface area contributed by atoms with Crippen LogP contribution in [0.25, 0.3) is 0 Å². The van der Waals surface area contributed by atoms with Crippen LogP contribution in [0.3, 0.4) is 0 Å². The molecule has 0 aliphatic carbocycles. The summed E-state index contributed by atoms with van der Waals surface area (Å²) in [6.45, 7) is 13.1. The van der Waals surface area contributed by atoms with Crippen molar-refractivity contribution in [1.29, 1.82) is 0 Å². The molecule has 0 bridgehead atoms. The third-order valence-corrected chi connectivity index (χ3v) is 4.23. The quantitative estimate of drug-likeness (QED) is 0.751. The molecule has 0 saturated carbocycles. The van der Waals surface area contributed by atoms with E-state index in [0.717, 1.165) is 17.7 Å². The number of carbonyl (C=O) groups excluding carboxylic acids is 1. The van der Waals surface area contributed by atoms with Crippen molar-refractivity contribution in [1.82, 2.24) is 0 Å². The zero-order valence-corrected chi connectivity index (χ0v) is 16.9. The Balaban J connectivity index is 3.09. The van der Waals surface area contributed by atoms with Crippen molar-refractivity contribution >= 4 is 5.97 Å². The maximum atomic E-state index is 11.6. The fraction of sp³-hybridized carbons (Fsp3) is 0.667. The van der Waals surface area contributed by atoms with E-state index in [2.05, 4.69) is 53.7 Å². The maximum absolute atomic E-state index is 11.6. The first-order valence-corrected chi connectivity index (χ1v) is 8.99. The molecule has 0 saturated heterocycles. The molecule has 0 spiro atoms. The van der Waals surface area contributed by atoms with Gasteiger partial charge in [0.05, 0.1) is 13.7 Å². The monoisotopic (exact) mass is 350 g/mol. The highest BCUT2D eigenvalue weighted by atomic mass is 16.5. The summed E-state index contributed by atoms with van der Waals surface area (Å²) in [5.41, 5.74) is 3.62. The number of benzene rings is 1. The molecule has 0 heterocycles. The van der Waals surface area contributed by atoms with Gasteiger partial charge in [0, 0.05) is 12.0 Å². The average molecular weight is 350 g/mol. The van der Waals surface area contributed by atoms with Crippen molar-refractivity contribution in [2.75, 3.05) is 20.3 Å². The van der Waals surface area contributed by atoms with Crippen LogP contribution in [-0.4, -0.2) is 31.4 Å². The fourth-order valence-electron chi connectivity index (χ4n) is 2.76. The minimum absolute atomic E-state index is 0.0264. The number of aliphatic hydroxyl groups excluding tert-OH is 1. The van der Waals surface area contributed by atoms with Crippen molar-refractivity contribution in [2.24, 2.45) is 0 Å². The summed E-state index contributed by atoms with van der Waals surface area (Å²) in [4.78, 5) is 11.6. The van der Waals surface area contributed by atoms with Crippen LogP contribution in [0.1, 0.15) is 71.1 Å². The molecular weight excluding hydrogens is 316 g/mol. The van der Waals surface area contributed by atoms with E-state index in [1.165, 1.54) is 11.1 Å². The fourth-order valence-corrected chi connectivity index (χ4v) is 2.76. The Morgan fingerprint density at radius 3 is 2.20 bits per heavy atom. The Hall–Kier alpha value is -1.55. The summed E-state index contributed by atoms with van der Waals surface area (Å²) in [7, 11) is 1.71. The van der Waals surface area contributed by atoms with E-state index in [0.29, 0.717) is 12.8 Å². The second kappa shape index (κ2) is 8.70. The molecule has 0 aromatic heterocycles. The summed E-state index contributed by atoms with van der Waals surface area (Å²) in [5, 5.41) is 8.71. The number of hydrogen-bond donors (Lipinski definition) is 1. The third-order valence-electron chi connectivity index (χ3n) is 4.23. The van der Waals surface area contributed by atoms with Crippen LogP contribution in [-0.2, 0) is 26.8 Å². The minimum Gasteiger partial charge on any atom is -0.496 e. The van der Waals surface area contributed by atoms with Crippen LogP contribution in [0.15, 0.2) is 12.1 Å². The lowest BCUT2D eigenvalue weighted by Crippen LogP contribution is -2.19. The lowest BCUT2D eigenvalue weighted by atomic mass is 9.78. The number of rotatable bonds is 7. The first-order chi connectivity index (χ1) is 11.5. The van der Waals surface area contributed by atoms with E-state index >= 15 is 0 Å². The Morgan fingerprint density at radius 2 is 1.72 bits per heavy atom. The van der Waals surface area contributed by atoms with Crippen molar-refractivity contribution < 1.29 is 19.4 Å². The lowest BCUT2D eigenvalue weighted by Gasteiger charge is -2.29. The molecule has 1 rings (SSSR count). The first-order valence-electron chi connectivity index (χ1n) is 8.99. The number of methoxy groups -OCH3 is 1. The first kappa shape index (κ1) is 21.5. The van der Waals surface area contributed by atoms with Crippen LogP contribution in [0, 0.1) is 0 Å². The summed E-state index contributed by atoms with van der Waals surface area (Å²) in [6.07, 6.45) is 1.79. The summed E-state index contributed by atoms with van der Waals surface area (Å²) in [5.74, 6) is 0.653. The molecule has 0 aliphatic heterocycles. The van der Waals surface area contributed by atoms with E-state index in [9.17, 15) is 4.79 Å². The molecule has 0 aliphatic rings. The van der Waals surface area contributed by atoms with E-state index in [1.807, 2.05) is 0 Å². The average Bonchev–Trinajstić information content (AvgIpc) is 2.50. The van der Waals surface area contributed by atoms with E-state index in [-0.39, 0.29) is 30.0 Å². The van der Waals surface area contributed by atoms with Gasteiger partial charge < -0.3 is 14.6 Å². The molecule has 4 heteroatoms. The Bertz CT molecular complexity index is 577. The zero-order valence-electron chi connectivity index (χ0n) is 16.9. The molecule has 142 valence electrons. The van der Waals surface area contributed by atoms with Crippen molar-refractivity contribution in [3.63, 3.8) is 0 Å². The summed E-state index contributed by atoms with van der Waals surface area (Å²) in [6, 6.07) is 4.45. The van der Waals surface area contributed by atoms with Gasteiger partial charge in [-0.25, -0.2) is 0 Å². The molecule has 0 amide bonds. The van der Waals surface area contributed by atoms with E-state index in [1.54, 1.807) is 7.11 Å². The molecule has 0 unspecified atom stereocenters. The SMILES string of the molecule is COc1c(CCCC(=O)OCCO)cc(C(C)(C)C)cc1C(C)(C)C. The van der Waals surface area contributed by atoms with Gasteiger partial charge in [-0.1, -0.05) is 53.7 Å². The van der Waals surface area contributed by atoms with Gasteiger partial charge in [0.25, 0.3) is 0 Å². The Kier molecular flexibility index (Phi) is 7.48. The molecular formula is C21H34O4. The van der Waals surface area contributed by atoms with Gasteiger partial charge in [-0.3, -0.25) is 4.79 Å². The minimum atomic E-state index is -0.268. The Labute approximate surface area is 152 Å². The largest absolute Gasteiger partial charge is 0.496 e. The van der Waals surface area contributed by atoms with Crippen molar-refractivity contribution in [3.8, 4) is 5.75 Å². The van der Waals surface area contributed by atoms with Crippen LogP contribution in [0.5, 0.6) is 5.75 Å². The standard InChI is InChI=1S/C21H34O4/c1-20(2,3)16-13-15(9-8-10-18(23)25-12-11-22)19(24-7)17(14-16)21(4,5)6/h13-14,22H,8-12H2,1-7H3. The second-order valence-electron chi connectivity index (χ2n) is 8.51. The third kappa shape index (κ3) is 6.35.